The van der Waals surface area contributed by atoms with Crippen molar-refractivity contribution >= 4 is 16.1 Å². The van der Waals surface area contributed by atoms with Gasteiger partial charge in [-0.1, -0.05) is 12.1 Å². The summed E-state index contributed by atoms with van der Waals surface area (Å²) < 4.78 is 39.5. The molecule has 9 heteroatoms. The molecule has 2 heterocycles. The fourth-order valence-electron chi connectivity index (χ4n) is 3.77. The summed E-state index contributed by atoms with van der Waals surface area (Å²) in [5, 5.41) is 2.91. The number of sulfonamides is 1. The molecule has 28 heavy (non-hydrogen) atoms. The van der Waals surface area contributed by atoms with Gasteiger partial charge in [0.25, 0.3) is 0 Å². The van der Waals surface area contributed by atoms with Crippen LogP contribution in [0.3, 0.4) is 0 Å². The minimum Gasteiger partial charge on any atom is -0.487 e. The Labute approximate surface area is 166 Å². The summed E-state index contributed by atoms with van der Waals surface area (Å²) in [6.07, 6.45) is 0.739. The maximum absolute atomic E-state index is 13.4. The number of carbonyl (C=O) groups is 1. The number of nitrogens with one attached hydrogen (secondary N) is 1. The molecule has 1 saturated heterocycles. The number of rotatable bonds is 4. The highest BCUT2D eigenvalue weighted by Crippen LogP contribution is 2.36. The molecule has 2 aliphatic rings. The predicted molar refractivity (Wildman–Crippen MR) is 105 cm³/mol. The van der Waals surface area contributed by atoms with Crippen LogP contribution in [0.1, 0.15) is 26.7 Å². The zero-order valence-corrected chi connectivity index (χ0v) is 17.4. The molecule has 0 bridgehead atoms. The Morgan fingerprint density at radius 1 is 1.29 bits per heavy atom. The number of fused-ring (bicyclic) bond motifs is 2. The van der Waals surface area contributed by atoms with Crippen LogP contribution in [-0.4, -0.2) is 75.2 Å². The number of hydrogen-bond donors (Lipinski definition) is 1. The predicted octanol–water partition coefficient (Wildman–Crippen LogP) is 1.67. The van der Waals surface area contributed by atoms with Crippen molar-refractivity contribution in [1.82, 2.24) is 14.5 Å². The number of amides is 2. The monoisotopic (exact) mass is 411 g/mol. The van der Waals surface area contributed by atoms with Gasteiger partial charge in [-0.3, -0.25) is 0 Å². The zero-order chi connectivity index (χ0) is 20.3. The fraction of sp³-hybridized carbons (Fsp3) is 0.632. The minimum atomic E-state index is -3.73. The maximum Gasteiger partial charge on any atom is 0.317 e. The van der Waals surface area contributed by atoms with Gasteiger partial charge in [0.05, 0.1) is 12.6 Å². The van der Waals surface area contributed by atoms with Crippen molar-refractivity contribution in [3.05, 3.63) is 24.3 Å². The number of para-hydroxylation sites is 1. The van der Waals surface area contributed by atoms with Crippen LogP contribution in [0.4, 0.5) is 4.79 Å². The summed E-state index contributed by atoms with van der Waals surface area (Å²) in [6, 6.07) is 6.31. The number of hydrogen-bond acceptors (Lipinski definition) is 5. The molecule has 0 radical (unpaired) electrons. The van der Waals surface area contributed by atoms with Crippen LogP contribution in [0.2, 0.25) is 0 Å². The Morgan fingerprint density at radius 3 is 2.71 bits per heavy atom. The molecule has 3 rings (SSSR count). The maximum atomic E-state index is 13.4. The number of benzene rings is 1. The second-order valence-electron chi connectivity index (χ2n) is 7.45. The van der Waals surface area contributed by atoms with E-state index in [9.17, 15) is 13.2 Å². The molecule has 0 aromatic heterocycles. The lowest BCUT2D eigenvalue weighted by Gasteiger charge is -2.31. The van der Waals surface area contributed by atoms with E-state index in [1.54, 1.807) is 36.3 Å². The molecule has 0 spiro atoms. The van der Waals surface area contributed by atoms with Gasteiger partial charge in [-0.25, -0.2) is 13.2 Å². The minimum absolute atomic E-state index is 0.0444. The van der Waals surface area contributed by atoms with E-state index in [4.69, 9.17) is 9.47 Å². The highest BCUT2D eigenvalue weighted by molar-refractivity contribution is 7.89. The number of nitrogens with zero attached hydrogens (tertiary/aromatic N) is 2. The summed E-state index contributed by atoms with van der Waals surface area (Å²) in [5.41, 5.74) is 0. The molecule has 8 nitrogen and oxygen atoms in total. The number of urea groups is 1. The van der Waals surface area contributed by atoms with Crippen LogP contribution in [0.25, 0.3) is 0 Å². The quantitative estimate of drug-likeness (QED) is 0.814. The SMILES string of the molecule is COCCN1[C@H]2CCN(C(=O)NC(C)C)CC[C@@H]2Oc2ccccc2S1(=O)=O. The number of ether oxygens (including phenoxy) is 2. The Morgan fingerprint density at radius 2 is 2.00 bits per heavy atom. The van der Waals surface area contributed by atoms with E-state index in [1.807, 2.05) is 13.8 Å². The largest absolute Gasteiger partial charge is 0.487 e. The molecule has 0 aliphatic carbocycles. The first-order valence-electron chi connectivity index (χ1n) is 9.66. The van der Waals surface area contributed by atoms with Crippen LogP contribution >= 0.6 is 0 Å². The lowest BCUT2D eigenvalue weighted by atomic mass is 10.1. The van der Waals surface area contributed by atoms with Crippen LogP contribution in [0.15, 0.2) is 29.2 Å². The third kappa shape index (κ3) is 4.26. The van der Waals surface area contributed by atoms with Crippen LogP contribution in [0, 0.1) is 0 Å². The molecular formula is C19H29N3O5S. The molecule has 1 aromatic rings. The van der Waals surface area contributed by atoms with Gasteiger partial charge >= 0.3 is 6.03 Å². The summed E-state index contributed by atoms with van der Waals surface area (Å²) in [4.78, 5) is 14.4. The standard InChI is InChI=1S/C19H29N3O5S/c1-14(2)20-19(23)21-10-8-15-16(9-11-21)27-17-6-4-5-7-18(17)28(24,25)22(15)12-13-26-3/h4-7,14-16H,8-13H2,1-3H3,(H,20,23)/t15-,16-/m0/s1. The van der Waals surface area contributed by atoms with E-state index in [1.165, 1.54) is 4.31 Å². The molecule has 1 N–H and O–H groups in total. The Bertz CT molecular complexity index is 799. The van der Waals surface area contributed by atoms with E-state index >= 15 is 0 Å². The van der Waals surface area contributed by atoms with Gasteiger partial charge in [0, 0.05) is 39.2 Å². The summed E-state index contributed by atoms with van der Waals surface area (Å²) in [5.74, 6) is 0.373. The molecule has 0 unspecified atom stereocenters. The zero-order valence-electron chi connectivity index (χ0n) is 16.6. The van der Waals surface area contributed by atoms with Crippen molar-refractivity contribution in [2.24, 2.45) is 0 Å². The topological polar surface area (TPSA) is 88.2 Å². The third-order valence-corrected chi connectivity index (χ3v) is 7.07. The van der Waals surface area contributed by atoms with Gasteiger partial charge in [0.1, 0.15) is 16.7 Å². The first kappa shape index (κ1) is 20.9. The van der Waals surface area contributed by atoms with Crippen molar-refractivity contribution in [3.8, 4) is 5.75 Å². The summed E-state index contributed by atoms with van der Waals surface area (Å²) in [6.45, 7) is 5.36. The van der Waals surface area contributed by atoms with E-state index in [0.29, 0.717) is 38.3 Å². The van der Waals surface area contributed by atoms with Crippen LogP contribution in [-0.2, 0) is 14.8 Å². The highest BCUT2D eigenvalue weighted by Gasteiger charge is 2.43. The van der Waals surface area contributed by atoms with E-state index < -0.39 is 10.0 Å². The van der Waals surface area contributed by atoms with Gasteiger partial charge in [-0.2, -0.15) is 4.31 Å². The lowest BCUT2D eigenvalue weighted by molar-refractivity contribution is 0.0958. The van der Waals surface area contributed by atoms with Crippen molar-refractivity contribution < 1.29 is 22.7 Å². The average Bonchev–Trinajstić information content (AvgIpc) is 2.88. The van der Waals surface area contributed by atoms with Crippen molar-refractivity contribution in [3.63, 3.8) is 0 Å². The Kier molecular flexibility index (Phi) is 6.47. The Balaban J connectivity index is 1.92. The van der Waals surface area contributed by atoms with Gasteiger partial charge in [0.15, 0.2) is 0 Å². The third-order valence-electron chi connectivity index (χ3n) is 5.11. The van der Waals surface area contributed by atoms with Gasteiger partial charge < -0.3 is 19.7 Å². The van der Waals surface area contributed by atoms with E-state index in [2.05, 4.69) is 5.32 Å². The molecule has 2 aliphatic heterocycles. The molecular weight excluding hydrogens is 382 g/mol. The summed E-state index contributed by atoms with van der Waals surface area (Å²) in [7, 11) is -2.17. The van der Waals surface area contributed by atoms with E-state index in [0.717, 1.165) is 0 Å². The molecule has 156 valence electrons. The van der Waals surface area contributed by atoms with Crippen molar-refractivity contribution in [2.45, 2.75) is 49.8 Å². The first-order chi connectivity index (χ1) is 13.3. The van der Waals surface area contributed by atoms with Gasteiger partial charge in [-0.05, 0) is 32.4 Å². The number of methoxy groups -OCH3 is 1. The second kappa shape index (κ2) is 8.67. The number of likely N-dealkylation sites (tertiary alicyclic amines) is 1. The van der Waals surface area contributed by atoms with Crippen LogP contribution < -0.4 is 10.1 Å². The number of carbonyl (C=O) groups excluding carboxylic acids is 1. The second-order valence-corrected chi connectivity index (χ2v) is 9.31. The first-order valence-corrected chi connectivity index (χ1v) is 11.1. The fourth-order valence-corrected chi connectivity index (χ4v) is 5.55. The summed E-state index contributed by atoms with van der Waals surface area (Å²) >= 11 is 0. The molecule has 2 atom stereocenters. The highest BCUT2D eigenvalue weighted by atomic mass is 32.2. The van der Waals surface area contributed by atoms with E-state index in [-0.39, 0.29) is 35.7 Å². The van der Waals surface area contributed by atoms with Gasteiger partial charge in [0.2, 0.25) is 10.0 Å². The molecule has 0 saturated carbocycles. The normalized spacial score (nSPS) is 24.5. The van der Waals surface area contributed by atoms with Crippen LogP contribution in [0.5, 0.6) is 5.75 Å². The molecule has 1 aromatic carbocycles. The van der Waals surface area contributed by atoms with Crippen molar-refractivity contribution in [1.29, 1.82) is 0 Å². The molecule has 2 amide bonds. The molecule has 1 fully saturated rings. The average molecular weight is 412 g/mol. The smallest absolute Gasteiger partial charge is 0.317 e. The van der Waals surface area contributed by atoms with Crippen molar-refractivity contribution in [2.75, 3.05) is 33.4 Å². The lowest BCUT2D eigenvalue weighted by Crippen LogP contribution is -2.48. The Hall–Kier alpha value is -1.84. The van der Waals surface area contributed by atoms with Gasteiger partial charge in [-0.15, -0.1) is 0 Å².